The lowest BCUT2D eigenvalue weighted by Crippen LogP contribution is -2.19. The van der Waals surface area contributed by atoms with Gasteiger partial charge in [0.1, 0.15) is 43.9 Å². The summed E-state index contributed by atoms with van der Waals surface area (Å²) in [4.78, 5) is 23.1. The highest BCUT2D eigenvalue weighted by molar-refractivity contribution is 7.86. The van der Waals surface area contributed by atoms with Gasteiger partial charge in [0.05, 0.1) is 4.90 Å². The van der Waals surface area contributed by atoms with Crippen molar-refractivity contribution in [2.24, 2.45) is 0 Å². The van der Waals surface area contributed by atoms with E-state index < -0.39 is 10.1 Å². The van der Waals surface area contributed by atoms with Gasteiger partial charge in [0.25, 0.3) is 10.1 Å². The molecule has 3 rings (SSSR count). The van der Waals surface area contributed by atoms with Crippen LogP contribution in [0.3, 0.4) is 0 Å². The van der Waals surface area contributed by atoms with Crippen LogP contribution in [-0.4, -0.2) is 66.4 Å². The van der Waals surface area contributed by atoms with Crippen LogP contribution in [0.1, 0.15) is 26.3 Å². The fourth-order valence-corrected chi connectivity index (χ4v) is 3.60. The number of ether oxygens (including phenoxy) is 2. The summed E-state index contributed by atoms with van der Waals surface area (Å²) in [5.74, 6) is 1.35. The maximum Gasteiger partial charge on any atom is 0.297 e. The Hall–Kier alpha value is -3.53. The maximum atomic E-state index is 11.9. The zero-order valence-corrected chi connectivity index (χ0v) is 21.4. The Kier molecular flexibility index (Phi) is 11.8. The number of likely N-dealkylation sites (N-methyl/N-ethyl adjacent to an activating group) is 1. The number of aldehydes is 2. The van der Waals surface area contributed by atoms with Gasteiger partial charge >= 0.3 is 0 Å². The van der Waals surface area contributed by atoms with Crippen molar-refractivity contribution in [1.82, 2.24) is 4.90 Å². The molecule has 0 fully saturated rings. The molecule has 0 radical (unpaired) electrons. The summed E-state index contributed by atoms with van der Waals surface area (Å²) in [5, 5.41) is 0. The summed E-state index contributed by atoms with van der Waals surface area (Å²) in [7, 11) is 0.229. The molecular weight excluding hydrogens is 482 g/mol. The van der Waals surface area contributed by atoms with Crippen molar-refractivity contribution in [3.05, 3.63) is 89.5 Å². The van der Waals surface area contributed by atoms with Crippen LogP contribution < -0.4 is 9.47 Å². The van der Waals surface area contributed by atoms with E-state index in [1.165, 1.54) is 12.1 Å². The molecular formula is C27H31NO7S. The zero-order valence-electron chi connectivity index (χ0n) is 20.6. The van der Waals surface area contributed by atoms with Gasteiger partial charge in [-0.1, -0.05) is 17.7 Å². The largest absolute Gasteiger partial charge is 0.492 e. The van der Waals surface area contributed by atoms with E-state index in [2.05, 4.69) is 4.90 Å². The molecule has 9 heteroatoms. The lowest BCUT2D eigenvalue weighted by molar-refractivity contribution is 0.111. The number of aryl methyl sites for hydroxylation is 1. The molecule has 0 aliphatic heterocycles. The van der Waals surface area contributed by atoms with E-state index in [-0.39, 0.29) is 18.1 Å². The molecule has 8 nitrogen and oxygen atoms in total. The number of carbonyl (C=O) groups excluding carboxylic acids is 2. The Morgan fingerprint density at radius 2 is 1.17 bits per heavy atom. The quantitative estimate of drug-likeness (QED) is 0.203. The minimum atomic E-state index is -3.77. The van der Waals surface area contributed by atoms with Gasteiger partial charge in [-0.15, -0.1) is 0 Å². The number of hydrogen-bond acceptors (Lipinski definition) is 8. The highest BCUT2D eigenvalue weighted by atomic mass is 32.2. The molecule has 3 aromatic carbocycles. The van der Waals surface area contributed by atoms with E-state index in [0.717, 1.165) is 30.4 Å². The van der Waals surface area contributed by atoms with E-state index in [1.807, 2.05) is 21.0 Å². The third-order valence-corrected chi connectivity index (χ3v) is 6.07. The van der Waals surface area contributed by atoms with Crippen LogP contribution in [0.4, 0.5) is 0 Å². The lowest BCUT2D eigenvalue weighted by Gasteiger charge is -2.10. The Balaban J connectivity index is 0.000000281. The molecule has 0 spiro atoms. The number of rotatable bonds is 12. The highest BCUT2D eigenvalue weighted by Gasteiger charge is 2.14. The first-order valence-electron chi connectivity index (χ1n) is 11.2. The van der Waals surface area contributed by atoms with Gasteiger partial charge in [-0.3, -0.25) is 13.8 Å². The Morgan fingerprint density at radius 1 is 0.694 bits per heavy atom. The molecule has 0 unspecified atom stereocenters. The molecule has 0 atom stereocenters. The number of nitrogens with zero attached hydrogens (tertiary/aromatic N) is 1. The molecule has 0 aromatic heterocycles. The van der Waals surface area contributed by atoms with Crippen molar-refractivity contribution < 1.29 is 31.7 Å². The minimum absolute atomic E-state index is 0.0888. The third kappa shape index (κ3) is 10.4. The molecule has 0 amide bonds. The van der Waals surface area contributed by atoms with E-state index in [4.69, 9.17) is 13.7 Å². The van der Waals surface area contributed by atoms with Crippen molar-refractivity contribution in [1.29, 1.82) is 0 Å². The standard InChI is InChI=1S/C16H16O5S.C11H15NO2/c1-13-2-8-16(9-3-13)22(18,19)21-11-10-20-15-6-4-14(12-17)5-7-15;1-12(2)7-8-14-11-5-3-10(9-13)4-6-11/h2-9,12H,10-11H2,1H3;3-6,9H,7-8H2,1-2H3. The third-order valence-electron chi connectivity index (χ3n) is 4.74. The highest BCUT2D eigenvalue weighted by Crippen LogP contribution is 2.14. The molecule has 36 heavy (non-hydrogen) atoms. The summed E-state index contributed by atoms with van der Waals surface area (Å²) < 4.78 is 39.6. The molecule has 0 saturated carbocycles. The normalized spacial score (nSPS) is 10.8. The van der Waals surface area contributed by atoms with Crippen molar-refractivity contribution in [3.63, 3.8) is 0 Å². The minimum Gasteiger partial charge on any atom is -0.492 e. The fourth-order valence-electron chi connectivity index (χ4n) is 2.71. The van der Waals surface area contributed by atoms with E-state index >= 15 is 0 Å². The van der Waals surface area contributed by atoms with Crippen LogP contribution in [-0.2, 0) is 14.3 Å². The average Bonchev–Trinajstić information content (AvgIpc) is 2.88. The SMILES string of the molecule is CN(C)CCOc1ccc(C=O)cc1.Cc1ccc(S(=O)(=O)OCCOc2ccc(C=O)cc2)cc1. The molecule has 0 bridgehead atoms. The number of benzene rings is 3. The van der Waals surface area contributed by atoms with Crippen LogP contribution in [0.5, 0.6) is 11.5 Å². The van der Waals surface area contributed by atoms with Gasteiger partial charge in [0.15, 0.2) is 0 Å². The second-order valence-electron chi connectivity index (χ2n) is 7.96. The van der Waals surface area contributed by atoms with Gasteiger partial charge in [-0.05, 0) is 81.7 Å². The predicted octanol–water partition coefficient (Wildman–Crippen LogP) is 4.03. The first-order valence-corrected chi connectivity index (χ1v) is 12.6. The summed E-state index contributed by atoms with van der Waals surface area (Å²) in [6, 6.07) is 20.0. The summed E-state index contributed by atoms with van der Waals surface area (Å²) in [6.45, 7) is 3.42. The lowest BCUT2D eigenvalue weighted by atomic mass is 10.2. The van der Waals surface area contributed by atoms with Gasteiger partial charge < -0.3 is 14.4 Å². The number of carbonyl (C=O) groups is 2. The second kappa shape index (κ2) is 14.8. The molecule has 0 aliphatic carbocycles. The Labute approximate surface area is 212 Å². The van der Waals surface area contributed by atoms with Crippen LogP contribution >= 0.6 is 0 Å². The molecule has 0 aliphatic rings. The van der Waals surface area contributed by atoms with Crippen LogP contribution in [0.25, 0.3) is 0 Å². The van der Waals surface area contributed by atoms with Gasteiger partial charge in [0.2, 0.25) is 0 Å². The van der Waals surface area contributed by atoms with Crippen molar-refractivity contribution in [3.8, 4) is 11.5 Å². The van der Waals surface area contributed by atoms with E-state index in [0.29, 0.717) is 23.5 Å². The first-order chi connectivity index (χ1) is 17.2. The number of hydrogen-bond donors (Lipinski definition) is 0. The first kappa shape index (κ1) is 28.7. The van der Waals surface area contributed by atoms with E-state index in [9.17, 15) is 18.0 Å². The predicted molar refractivity (Wildman–Crippen MR) is 138 cm³/mol. The van der Waals surface area contributed by atoms with E-state index in [1.54, 1.807) is 60.7 Å². The fraction of sp³-hybridized carbons (Fsp3) is 0.259. The molecule has 0 heterocycles. The van der Waals surface area contributed by atoms with Gasteiger partial charge in [0, 0.05) is 17.7 Å². The zero-order chi connectivity index (χ0) is 26.4. The van der Waals surface area contributed by atoms with Crippen LogP contribution in [0, 0.1) is 6.92 Å². The van der Waals surface area contributed by atoms with Crippen LogP contribution in [0.15, 0.2) is 77.7 Å². The summed E-state index contributed by atoms with van der Waals surface area (Å²) >= 11 is 0. The van der Waals surface area contributed by atoms with Crippen molar-refractivity contribution >= 4 is 22.7 Å². The maximum absolute atomic E-state index is 11.9. The van der Waals surface area contributed by atoms with Gasteiger partial charge in [-0.25, -0.2) is 0 Å². The van der Waals surface area contributed by atoms with Gasteiger partial charge in [-0.2, -0.15) is 8.42 Å². The summed E-state index contributed by atoms with van der Waals surface area (Å²) in [5.41, 5.74) is 2.19. The summed E-state index contributed by atoms with van der Waals surface area (Å²) in [6.07, 6.45) is 1.56. The van der Waals surface area contributed by atoms with Crippen molar-refractivity contribution in [2.45, 2.75) is 11.8 Å². The smallest absolute Gasteiger partial charge is 0.297 e. The van der Waals surface area contributed by atoms with Crippen LogP contribution in [0.2, 0.25) is 0 Å². The molecule has 3 aromatic rings. The topological polar surface area (TPSA) is 99.2 Å². The molecule has 192 valence electrons. The Morgan fingerprint density at radius 3 is 1.61 bits per heavy atom. The molecule has 0 N–H and O–H groups in total. The average molecular weight is 514 g/mol. The molecule has 0 saturated heterocycles. The van der Waals surface area contributed by atoms with Crippen molar-refractivity contribution in [2.75, 3.05) is 40.5 Å². The Bertz CT molecular complexity index is 1170. The second-order valence-corrected chi connectivity index (χ2v) is 9.58. The monoisotopic (exact) mass is 513 g/mol.